The Kier molecular flexibility index (Phi) is 5.65. The van der Waals surface area contributed by atoms with Gasteiger partial charge in [-0.3, -0.25) is 0 Å². The first-order valence-corrected chi connectivity index (χ1v) is 6.95. The van der Waals surface area contributed by atoms with Crippen LogP contribution < -0.4 is 5.73 Å². The molecule has 0 radical (unpaired) electrons. The second-order valence-corrected chi connectivity index (χ2v) is 5.76. The summed E-state index contributed by atoms with van der Waals surface area (Å²) < 4.78 is 9.92. The Morgan fingerprint density at radius 3 is 2.38 bits per heavy atom. The normalized spacial score (nSPS) is 19.1. The Morgan fingerprint density at radius 1 is 1.29 bits per heavy atom. The van der Waals surface area contributed by atoms with Gasteiger partial charge in [-0.1, -0.05) is 11.6 Å². The van der Waals surface area contributed by atoms with Gasteiger partial charge < -0.3 is 25.0 Å². The van der Waals surface area contributed by atoms with Crippen molar-refractivity contribution in [3.05, 3.63) is 0 Å². The summed E-state index contributed by atoms with van der Waals surface area (Å²) in [5, 5.41) is 0. The predicted molar refractivity (Wildman–Crippen MR) is 74.7 cm³/mol. The molecule has 1 unspecified atom stereocenters. The average molecular weight is 322 g/mol. The molecular weight excluding hydrogens is 302 g/mol. The van der Waals surface area contributed by atoms with Gasteiger partial charge in [-0.05, 0) is 20.8 Å². The van der Waals surface area contributed by atoms with E-state index in [4.69, 9.17) is 22.1 Å². The zero-order valence-electron chi connectivity index (χ0n) is 12.3. The first-order chi connectivity index (χ1) is 9.65. The van der Waals surface area contributed by atoms with Gasteiger partial charge in [0.25, 0.3) is 0 Å². The lowest BCUT2D eigenvalue weighted by Gasteiger charge is -2.39. The van der Waals surface area contributed by atoms with Gasteiger partial charge in [0.1, 0.15) is 11.6 Å². The molecule has 1 aliphatic rings. The molecule has 1 atom stereocenters. The van der Waals surface area contributed by atoms with Crippen LogP contribution in [0, 0.1) is 0 Å². The maximum atomic E-state index is 12.0. The van der Waals surface area contributed by atoms with Gasteiger partial charge in [0.05, 0.1) is 6.54 Å². The summed E-state index contributed by atoms with van der Waals surface area (Å²) in [4.78, 5) is 37.7. The highest BCUT2D eigenvalue weighted by Crippen LogP contribution is 2.16. The molecule has 0 saturated carbocycles. The highest BCUT2D eigenvalue weighted by Gasteiger charge is 2.38. The smallest absolute Gasteiger partial charge is 0.410 e. The minimum absolute atomic E-state index is 0.0480. The number of halogens is 1. The van der Waals surface area contributed by atoms with Crippen molar-refractivity contribution in [1.29, 1.82) is 0 Å². The molecule has 3 amide bonds. The van der Waals surface area contributed by atoms with E-state index in [9.17, 15) is 14.4 Å². The average Bonchev–Trinajstić information content (AvgIpc) is 2.36. The molecular formula is C12H20ClN3O5. The van der Waals surface area contributed by atoms with Crippen molar-refractivity contribution in [2.24, 2.45) is 5.73 Å². The Labute approximate surface area is 128 Å². The van der Waals surface area contributed by atoms with Crippen molar-refractivity contribution >= 4 is 29.7 Å². The zero-order chi connectivity index (χ0) is 16.2. The van der Waals surface area contributed by atoms with E-state index in [1.807, 2.05) is 0 Å². The number of rotatable bonds is 2. The maximum absolute atomic E-state index is 12.0. The molecule has 1 saturated heterocycles. The van der Waals surface area contributed by atoms with Crippen molar-refractivity contribution in [1.82, 2.24) is 9.80 Å². The van der Waals surface area contributed by atoms with Gasteiger partial charge in [-0.15, -0.1) is 0 Å². The second kappa shape index (κ2) is 6.84. The number of carbonyl (C=O) groups is 3. The number of urea groups is 1. The summed E-state index contributed by atoms with van der Waals surface area (Å²) in [7, 11) is 0. The van der Waals surface area contributed by atoms with Crippen LogP contribution >= 0.6 is 11.6 Å². The summed E-state index contributed by atoms with van der Waals surface area (Å²) in [5.74, 6) is -0.711. The highest BCUT2D eigenvalue weighted by molar-refractivity contribution is 6.17. The minimum atomic E-state index is -0.984. The van der Waals surface area contributed by atoms with Crippen molar-refractivity contribution in [2.75, 3.05) is 25.7 Å². The molecule has 1 aliphatic heterocycles. The minimum Gasteiger partial charge on any atom is -0.448 e. The molecule has 1 rings (SSSR count). The van der Waals surface area contributed by atoms with E-state index in [0.717, 1.165) is 4.90 Å². The lowest BCUT2D eigenvalue weighted by atomic mass is 10.1. The molecule has 21 heavy (non-hydrogen) atoms. The lowest BCUT2D eigenvalue weighted by molar-refractivity contribution is -0.148. The summed E-state index contributed by atoms with van der Waals surface area (Å²) in [6.45, 7) is 5.52. The van der Waals surface area contributed by atoms with Gasteiger partial charge >= 0.3 is 18.1 Å². The molecule has 0 aliphatic carbocycles. The Bertz CT molecular complexity index is 424. The number of piperazine rings is 1. The van der Waals surface area contributed by atoms with E-state index in [1.165, 1.54) is 4.90 Å². The highest BCUT2D eigenvalue weighted by atomic mass is 35.5. The van der Waals surface area contributed by atoms with E-state index in [-0.39, 0.29) is 25.7 Å². The summed E-state index contributed by atoms with van der Waals surface area (Å²) in [6, 6.07) is -2.08. The molecule has 120 valence electrons. The number of amides is 3. The van der Waals surface area contributed by atoms with Crippen molar-refractivity contribution in [2.45, 2.75) is 32.4 Å². The molecule has 1 fully saturated rings. The molecule has 0 aromatic carbocycles. The van der Waals surface area contributed by atoms with Crippen LogP contribution in [0.25, 0.3) is 0 Å². The van der Waals surface area contributed by atoms with Crippen LogP contribution in [-0.2, 0) is 14.3 Å². The van der Waals surface area contributed by atoms with E-state index < -0.39 is 29.7 Å². The molecule has 1 heterocycles. The quantitative estimate of drug-likeness (QED) is 0.596. The molecule has 8 nitrogen and oxygen atoms in total. The third-order valence-corrected chi connectivity index (χ3v) is 2.89. The molecule has 9 heteroatoms. The van der Waals surface area contributed by atoms with E-state index in [2.05, 4.69) is 4.74 Å². The van der Waals surface area contributed by atoms with Crippen molar-refractivity contribution in [3.63, 3.8) is 0 Å². The fraction of sp³-hybridized carbons (Fsp3) is 0.750. The maximum Gasteiger partial charge on any atom is 0.410 e. The van der Waals surface area contributed by atoms with Crippen LogP contribution in [0.4, 0.5) is 9.59 Å². The SMILES string of the molecule is CC(C)(C)OC(=O)N1CCN(C(N)=O)C(C(=O)OCCl)C1. The lowest BCUT2D eigenvalue weighted by Crippen LogP contribution is -2.61. The van der Waals surface area contributed by atoms with Crippen LogP contribution in [0.5, 0.6) is 0 Å². The molecule has 0 aromatic heterocycles. The Morgan fingerprint density at radius 2 is 1.90 bits per heavy atom. The third kappa shape index (κ3) is 4.96. The van der Waals surface area contributed by atoms with Crippen LogP contribution in [-0.4, -0.2) is 65.2 Å². The van der Waals surface area contributed by atoms with Gasteiger partial charge in [-0.2, -0.15) is 0 Å². The van der Waals surface area contributed by atoms with E-state index >= 15 is 0 Å². The van der Waals surface area contributed by atoms with E-state index in [0.29, 0.717) is 0 Å². The number of hydrogen-bond acceptors (Lipinski definition) is 5. The largest absolute Gasteiger partial charge is 0.448 e. The molecule has 0 bridgehead atoms. The number of nitrogens with two attached hydrogens (primary N) is 1. The molecule has 2 N–H and O–H groups in total. The first-order valence-electron chi connectivity index (χ1n) is 6.42. The Balaban J connectivity index is 2.79. The summed E-state index contributed by atoms with van der Waals surface area (Å²) >= 11 is 5.35. The predicted octanol–water partition coefficient (Wildman–Crippen LogP) is 0.726. The third-order valence-electron chi connectivity index (χ3n) is 2.78. The number of hydrogen-bond donors (Lipinski definition) is 1. The zero-order valence-corrected chi connectivity index (χ0v) is 13.1. The number of esters is 1. The van der Waals surface area contributed by atoms with Gasteiger partial charge in [0.15, 0.2) is 6.07 Å². The fourth-order valence-electron chi connectivity index (χ4n) is 1.89. The van der Waals surface area contributed by atoms with Gasteiger partial charge in [0.2, 0.25) is 0 Å². The number of nitrogens with zero attached hydrogens (tertiary/aromatic N) is 2. The molecule has 0 spiro atoms. The number of carbonyl (C=O) groups excluding carboxylic acids is 3. The fourth-order valence-corrected chi connectivity index (χ4v) is 2.00. The monoisotopic (exact) mass is 321 g/mol. The Hall–Kier alpha value is -1.70. The first kappa shape index (κ1) is 17.4. The van der Waals surface area contributed by atoms with Crippen LogP contribution in [0.1, 0.15) is 20.8 Å². The number of alkyl halides is 1. The van der Waals surface area contributed by atoms with Gasteiger partial charge in [0, 0.05) is 13.1 Å². The van der Waals surface area contributed by atoms with Crippen molar-refractivity contribution in [3.8, 4) is 0 Å². The van der Waals surface area contributed by atoms with Crippen LogP contribution in [0.2, 0.25) is 0 Å². The number of primary amides is 1. The van der Waals surface area contributed by atoms with Crippen LogP contribution in [0.3, 0.4) is 0 Å². The van der Waals surface area contributed by atoms with E-state index in [1.54, 1.807) is 20.8 Å². The number of ether oxygens (including phenoxy) is 2. The summed E-state index contributed by atoms with van der Waals surface area (Å²) in [5.41, 5.74) is 4.58. The second-order valence-electron chi connectivity index (χ2n) is 5.55. The van der Waals surface area contributed by atoms with Gasteiger partial charge in [-0.25, -0.2) is 14.4 Å². The standard InChI is InChI=1S/C12H20ClN3O5/c1-12(2,3)21-11(19)15-4-5-16(10(14)18)8(6-15)9(17)20-7-13/h8H,4-7H2,1-3H3,(H2,14,18). The van der Waals surface area contributed by atoms with Crippen LogP contribution in [0.15, 0.2) is 0 Å². The topological polar surface area (TPSA) is 102 Å². The van der Waals surface area contributed by atoms with Crippen molar-refractivity contribution < 1.29 is 23.9 Å². The molecule has 0 aromatic rings. The summed E-state index contributed by atoms with van der Waals surface area (Å²) in [6.07, 6.45) is -0.560.